The van der Waals surface area contributed by atoms with E-state index in [1.165, 1.54) is 7.11 Å². The number of carbonyl (C=O) groups is 2. The van der Waals surface area contributed by atoms with E-state index in [2.05, 4.69) is 26.2 Å². The smallest absolute Gasteiger partial charge is 0.312 e. The van der Waals surface area contributed by atoms with Crippen molar-refractivity contribution in [2.45, 2.75) is 77.1 Å². The summed E-state index contributed by atoms with van der Waals surface area (Å²) in [5.41, 5.74) is -0.115. The number of ether oxygens (including phenoxy) is 2. The molecule has 4 bridgehead atoms. The van der Waals surface area contributed by atoms with Gasteiger partial charge < -0.3 is 13.9 Å². The number of rotatable bonds is 3. The van der Waals surface area contributed by atoms with Crippen LogP contribution in [0.2, 0.25) is 19.6 Å². The normalized spacial score (nSPS) is 49.3. The Morgan fingerprint density at radius 3 is 2.60 bits per heavy atom. The topological polar surface area (TPSA) is 61.8 Å². The van der Waals surface area contributed by atoms with Crippen molar-refractivity contribution in [1.29, 1.82) is 0 Å². The molecule has 4 saturated carbocycles. The van der Waals surface area contributed by atoms with Gasteiger partial charge in [-0.2, -0.15) is 0 Å². The quantitative estimate of drug-likeness (QED) is 0.374. The second-order valence-corrected chi connectivity index (χ2v) is 16.5. The first-order chi connectivity index (χ1) is 13.9. The Kier molecular flexibility index (Phi) is 4.15. The maximum atomic E-state index is 13.4. The number of esters is 2. The van der Waals surface area contributed by atoms with Crippen LogP contribution in [-0.4, -0.2) is 39.6 Å². The molecule has 1 saturated heterocycles. The van der Waals surface area contributed by atoms with E-state index in [0.717, 1.165) is 50.5 Å². The minimum absolute atomic E-state index is 0.00830. The van der Waals surface area contributed by atoms with Crippen LogP contribution >= 0.6 is 0 Å². The first-order valence-electron chi connectivity index (χ1n) is 11.6. The summed E-state index contributed by atoms with van der Waals surface area (Å²) in [7, 11) is -0.309. The maximum absolute atomic E-state index is 13.4. The number of hydrogen-bond donors (Lipinski definition) is 0. The zero-order valence-corrected chi connectivity index (χ0v) is 20.1. The first kappa shape index (κ1) is 20.7. The molecule has 0 radical (unpaired) electrons. The summed E-state index contributed by atoms with van der Waals surface area (Å²) in [5.74, 6) is -0.202. The molecule has 1 aliphatic heterocycles. The molecule has 0 aromatic heterocycles. The predicted octanol–water partition coefficient (Wildman–Crippen LogP) is 4.48. The van der Waals surface area contributed by atoms with Gasteiger partial charge in [-0.1, -0.05) is 13.0 Å². The lowest BCUT2D eigenvalue weighted by Gasteiger charge is -2.56. The van der Waals surface area contributed by atoms with Gasteiger partial charge in [0.25, 0.3) is 0 Å². The Bertz CT molecular complexity index is 832. The molecule has 7 atom stereocenters. The van der Waals surface area contributed by atoms with E-state index in [1.807, 2.05) is 6.92 Å². The molecule has 0 amide bonds. The van der Waals surface area contributed by atoms with Crippen LogP contribution in [0.15, 0.2) is 12.2 Å². The van der Waals surface area contributed by atoms with E-state index in [9.17, 15) is 9.59 Å². The van der Waals surface area contributed by atoms with Gasteiger partial charge in [-0.25, -0.2) is 0 Å². The van der Waals surface area contributed by atoms with Crippen molar-refractivity contribution in [1.82, 2.24) is 0 Å². The molecule has 6 heteroatoms. The van der Waals surface area contributed by atoms with Crippen LogP contribution in [-0.2, 0) is 23.5 Å². The van der Waals surface area contributed by atoms with Crippen molar-refractivity contribution >= 4 is 20.3 Å². The van der Waals surface area contributed by atoms with Gasteiger partial charge in [-0.15, -0.1) is 0 Å². The lowest BCUT2D eigenvalue weighted by atomic mass is 9.51. The first-order valence-corrected chi connectivity index (χ1v) is 15.0. The van der Waals surface area contributed by atoms with Gasteiger partial charge in [0.2, 0.25) is 0 Å². The summed E-state index contributed by atoms with van der Waals surface area (Å²) in [5, 5.41) is 0. The summed E-state index contributed by atoms with van der Waals surface area (Å²) in [4.78, 5) is 26.5. The highest BCUT2D eigenvalue weighted by Gasteiger charge is 2.80. The minimum atomic E-state index is -1.81. The van der Waals surface area contributed by atoms with E-state index < -0.39 is 13.7 Å². The third-order valence-electron chi connectivity index (χ3n) is 9.52. The van der Waals surface area contributed by atoms with Crippen molar-refractivity contribution in [2.75, 3.05) is 13.7 Å². The molecule has 3 unspecified atom stereocenters. The van der Waals surface area contributed by atoms with E-state index >= 15 is 0 Å². The van der Waals surface area contributed by atoms with Crippen molar-refractivity contribution < 1.29 is 23.5 Å². The molecule has 5 aliphatic rings. The van der Waals surface area contributed by atoms with Crippen molar-refractivity contribution in [3.63, 3.8) is 0 Å². The summed E-state index contributed by atoms with van der Waals surface area (Å²) in [6, 6.07) is 0. The average Bonchev–Trinajstić information content (AvgIpc) is 3.02. The molecule has 166 valence electrons. The fourth-order valence-corrected chi connectivity index (χ4v) is 10.5. The number of fused-ring (bicyclic) bond motifs is 1. The van der Waals surface area contributed by atoms with Crippen LogP contribution in [0.4, 0.5) is 0 Å². The predicted molar refractivity (Wildman–Crippen MR) is 115 cm³/mol. The molecule has 5 rings (SSSR count). The number of carbonyl (C=O) groups excluding carboxylic acids is 2. The monoisotopic (exact) mass is 432 g/mol. The van der Waals surface area contributed by atoms with Crippen LogP contribution in [0, 0.1) is 34.0 Å². The van der Waals surface area contributed by atoms with Gasteiger partial charge in [-0.05, 0) is 87.9 Å². The largest absolute Gasteiger partial charge is 0.469 e. The fraction of sp³-hybridized carbons (Fsp3) is 0.833. The highest BCUT2D eigenvalue weighted by molar-refractivity contribution is 6.69. The second-order valence-electron chi connectivity index (χ2n) is 12.0. The Morgan fingerprint density at radius 2 is 1.93 bits per heavy atom. The van der Waals surface area contributed by atoms with Crippen molar-refractivity contribution in [2.24, 2.45) is 34.0 Å². The molecule has 5 fully saturated rings. The van der Waals surface area contributed by atoms with Crippen LogP contribution in [0.3, 0.4) is 0 Å². The zero-order valence-electron chi connectivity index (χ0n) is 19.1. The van der Waals surface area contributed by atoms with Gasteiger partial charge in [0, 0.05) is 5.41 Å². The molecular formula is C24H36O5Si. The molecule has 0 aromatic carbocycles. The summed E-state index contributed by atoms with van der Waals surface area (Å²) in [6.45, 7) is 13.7. The van der Waals surface area contributed by atoms with Gasteiger partial charge in [0.1, 0.15) is 0 Å². The van der Waals surface area contributed by atoms with E-state index in [0.29, 0.717) is 12.5 Å². The molecular weight excluding hydrogens is 396 g/mol. The summed E-state index contributed by atoms with van der Waals surface area (Å²) in [6.07, 6.45) is 6.50. The highest BCUT2D eigenvalue weighted by atomic mass is 28.4. The lowest BCUT2D eigenvalue weighted by Crippen LogP contribution is -2.58. The van der Waals surface area contributed by atoms with Crippen molar-refractivity contribution in [3.05, 3.63) is 12.2 Å². The van der Waals surface area contributed by atoms with Crippen LogP contribution < -0.4 is 0 Å². The molecule has 1 heterocycles. The summed E-state index contributed by atoms with van der Waals surface area (Å²) >= 11 is 0. The zero-order chi connectivity index (χ0) is 21.7. The maximum Gasteiger partial charge on any atom is 0.312 e. The molecule has 5 nitrogen and oxygen atoms in total. The Labute approximate surface area is 181 Å². The van der Waals surface area contributed by atoms with E-state index in [-0.39, 0.29) is 40.2 Å². The number of methoxy groups -OCH3 is 1. The molecule has 4 aliphatic carbocycles. The fourth-order valence-electron chi connectivity index (χ4n) is 9.00. The molecule has 30 heavy (non-hydrogen) atoms. The van der Waals surface area contributed by atoms with Crippen LogP contribution in [0.1, 0.15) is 51.9 Å². The molecule has 0 aromatic rings. The molecule has 1 spiro atoms. The lowest BCUT2D eigenvalue weighted by molar-refractivity contribution is -0.201. The van der Waals surface area contributed by atoms with E-state index in [4.69, 9.17) is 13.9 Å². The Balaban J connectivity index is 1.68. The Morgan fingerprint density at radius 1 is 1.20 bits per heavy atom. The minimum Gasteiger partial charge on any atom is -0.469 e. The SMILES string of the molecule is C=C1C[C@]23C[C@@]1(O[Si](C)(C)C)CCC2[C@@]12CCCC(C)(C(=O)OC1)C2[C@@H]3C(=O)OC. The highest BCUT2D eigenvalue weighted by Crippen LogP contribution is 2.79. The van der Waals surface area contributed by atoms with E-state index in [1.54, 1.807) is 0 Å². The van der Waals surface area contributed by atoms with Crippen molar-refractivity contribution in [3.8, 4) is 0 Å². The third kappa shape index (κ3) is 2.33. The van der Waals surface area contributed by atoms with Gasteiger partial charge >= 0.3 is 11.9 Å². The van der Waals surface area contributed by atoms with Crippen LogP contribution in [0.5, 0.6) is 0 Å². The molecule has 0 N–H and O–H groups in total. The van der Waals surface area contributed by atoms with Gasteiger partial charge in [-0.3, -0.25) is 9.59 Å². The third-order valence-corrected chi connectivity index (χ3v) is 10.5. The standard InChI is InChI=1S/C24H36O5Si/c1-15-12-23-13-24(15,29-30(4,5)6)11-8-16(23)22-10-7-9-21(2,20(26)28-14-22)18(22)17(23)19(25)27-3/h16-18H,1,7-14H2,2-6H3/t16?,17-,18?,21?,22-,23+,24+/m1/s1. The van der Waals surface area contributed by atoms with Gasteiger partial charge in [0.15, 0.2) is 8.32 Å². The van der Waals surface area contributed by atoms with Crippen LogP contribution in [0.25, 0.3) is 0 Å². The number of hydrogen-bond acceptors (Lipinski definition) is 5. The second kappa shape index (κ2) is 6.00. The number of cyclic esters (lactones) is 1. The average molecular weight is 433 g/mol. The van der Waals surface area contributed by atoms with Gasteiger partial charge in [0.05, 0.1) is 30.7 Å². The Hall–Kier alpha value is -1.14. The summed E-state index contributed by atoms with van der Waals surface area (Å²) < 4.78 is 18.1.